The molecular weight excluding hydrogens is 305 g/mol. The summed E-state index contributed by atoms with van der Waals surface area (Å²) in [4.78, 5) is 0. The number of nitrogens with one attached hydrogen (secondary N) is 1. The number of hydrogen-bond acceptors (Lipinski definition) is 3. The second kappa shape index (κ2) is 7.93. The van der Waals surface area contributed by atoms with Crippen LogP contribution in [0.1, 0.15) is 5.56 Å². The predicted molar refractivity (Wildman–Crippen MR) is 74.1 cm³/mol. The Morgan fingerprint density at radius 1 is 1.29 bits per heavy atom. The third-order valence-electron chi connectivity index (χ3n) is 2.15. The van der Waals surface area contributed by atoms with Crippen molar-refractivity contribution in [3.8, 4) is 5.75 Å². The number of halogens is 2. The second-order valence-electron chi connectivity index (χ2n) is 3.65. The summed E-state index contributed by atoms with van der Waals surface area (Å²) in [6.07, 6.45) is 0. The summed E-state index contributed by atoms with van der Waals surface area (Å²) in [6, 6.07) is 3.87. The number of aryl methyl sites for hydroxylation is 1. The van der Waals surface area contributed by atoms with Crippen molar-refractivity contribution >= 4 is 27.5 Å². The van der Waals surface area contributed by atoms with Crippen molar-refractivity contribution in [1.82, 2.24) is 5.32 Å². The van der Waals surface area contributed by atoms with Crippen LogP contribution in [-0.4, -0.2) is 33.4 Å². The van der Waals surface area contributed by atoms with Gasteiger partial charge in [-0.05, 0) is 40.5 Å². The zero-order chi connectivity index (χ0) is 12.7. The van der Waals surface area contributed by atoms with Gasteiger partial charge >= 0.3 is 0 Å². The molecule has 3 nitrogen and oxygen atoms in total. The molecule has 1 N–H and O–H groups in total. The van der Waals surface area contributed by atoms with Gasteiger partial charge in [-0.15, -0.1) is 0 Å². The molecular formula is C12H17BrClNO2. The van der Waals surface area contributed by atoms with Gasteiger partial charge in [0, 0.05) is 20.2 Å². The Morgan fingerprint density at radius 3 is 2.65 bits per heavy atom. The summed E-state index contributed by atoms with van der Waals surface area (Å²) >= 11 is 9.54. The summed E-state index contributed by atoms with van der Waals surface area (Å²) in [5.74, 6) is 0.700. The molecule has 0 amide bonds. The molecule has 96 valence electrons. The zero-order valence-electron chi connectivity index (χ0n) is 10.1. The van der Waals surface area contributed by atoms with Crippen LogP contribution in [0.25, 0.3) is 0 Å². The summed E-state index contributed by atoms with van der Waals surface area (Å²) in [5, 5.41) is 3.83. The summed E-state index contributed by atoms with van der Waals surface area (Å²) in [7, 11) is 1.68. The highest BCUT2D eigenvalue weighted by atomic mass is 79.9. The van der Waals surface area contributed by atoms with Crippen LogP contribution < -0.4 is 10.1 Å². The Labute approximate surface area is 116 Å². The van der Waals surface area contributed by atoms with Gasteiger partial charge in [0.1, 0.15) is 6.61 Å². The fourth-order valence-corrected chi connectivity index (χ4v) is 2.48. The van der Waals surface area contributed by atoms with Gasteiger partial charge in [0.2, 0.25) is 0 Å². The Kier molecular flexibility index (Phi) is 6.89. The summed E-state index contributed by atoms with van der Waals surface area (Å²) in [5.41, 5.74) is 1.10. The van der Waals surface area contributed by atoms with Crippen LogP contribution in [0.4, 0.5) is 0 Å². The first-order chi connectivity index (χ1) is 8.15. The molecule has 1 rings (SSSR count). The van der Waals surface area contributed by atoms with E-state index in [1.54, 1.807) is 7.11 Å². The fraction of sp³-hybridized carbons (Fsp3) is 0.500. The van der Waals surface area contributed by atoms with Crippen LogP contribution in [0, 0.1) is 6.92 Å². The smallest absolute Gasteiger partial charge is 0.152 e. The van der Waals surface area contributed by atoms with E-state index in [1.165, 1.54) is 0 Å². The molecule has 0 spiro atoms. The van der Waals surface area contributed by atoms with Gasteiger partial charge in [-0.2, -0.15) is 0 Å². The number of hydrogen-bond donors (Lipinski definition) is 1. The highest BCUT2D eigenvalue weighted by Crippen LogP contribution is 2.34. The van der Waals surface area contributed by atoms with Crippen molar-refractivity contribution in [2.75, 3.05) is 33.4 Å². The Bertz CT molecular complexity index is 337. The average molecular weight is 323 g/mol. The molecule has 0 heterocycles. The lowest BCUT2D eigenvalue weighted by molar-refractivity contribution is 0.196. The molecule has 0 aliphatic heterocycles. The maximum atomic E-state index is 6.10. The summed E-state index contributed by atoms with van der Waals surface area (Å²) in [6.45, 7) is 4.86. The van der Waals surface area contributed by atoms with Crippen molar-refractivity contribution in [2.45, 2.75) is 6.92 Å². The Morgan fingerprint density at radius 2 is 2.00 bits per heavy atom. The van der Waals surface area contributed by atoms with Gasteiger partial charge < -0.3 is 14.8 Å². The topological polar surface area (TPSA) is 30.5 Å². The van der Waals surface area contributed by atoms with Crippen molar-refractivity contribution < 1.29 is 9.47 Å². The number of benzene rings is 1. The summed E-state index contributed by atoms with van der Waals surface area (Å²) < 4.78 is 11.4. The average Bonchev–Trinajstić information content (AvgIpc) is 2.26. The van der Waals surface area contributed by atoms with E-state index in [0.29, 0.717) is 24.0 Å². The SMILES string of the molecule is COCCNCCOc1c(Cl)cc(C)cc1Br. The molecule has 1 aromatic carbocycles. The first-order valence-corrected chi connectivity index (χ1v) is 6.60. The molecule has 0 unspecified atom stereocenters. The van der Waals surface area contributed by atoms with E-state index in [-0.39, 0.29) is 0 Å². The van der Waals surface area contributed by atoms with E-state index in [1.807, 2.05) is 19.1 Å². The molecule has 0 saturated carbocycles. The lowest BCUT2D eigenvalue weighted by Gasteiger charge is -2.11. The zero-order valence-corrected chi connectivity index (χ0v) is 12.4. The van der Waals surface area contributed by atoms with Gasteiger partial charge in [0.05, 0.1) is 16.1 Å². The number of rotatable bonds is 7. The molecule has 5 heteroatoms. The monoisotopic (exact) mass is 321 g/mol. The number of ether oxygens (including phenoxy) is 2. The van der Waals surface area contributed by atoms with Gasteiger partial charge in [-0.3, -0.25) is 0 Å². The maximum Gasteiger partial charge on any atom is 0.152 e. The molecule has 0 saturated heterocycles. The predicted octanol–water partition coefficient (Wildman–Crippen LogP) is 3.03. The first-order valence-electron chi connectivity index (χ1n) is 5.43. The lowest BCUT2D eigenvalue weighted by atomic mass is 10.2. The van der Waals surface area contributed by atoms with Crippen molar-refractivity contribution in [1.29, 1.82) is 0 Å². The maximum absolute atomic E-state index is 6.10. The van der Waals surface area contributed by atoms with Gasteiger partial charge in [0.25, 0.3) is 0 Å². The minimum absolute atomic E-state index is 0.574. The van der Waals surface area contributed by atoms with Gasteiger partial charge in [-0.25, -0.2) is 0 Å². The Hall–Kier alpha value is -0.290. The molecule has 0 bridgehead atoms. The molecule has 1 aromatic rings. The van der Waals surface area contributed by atoms with E-state index in [0.717, 1.165) is 23.1 Å². The van der Waals surface area contributed by atoms with Crippen molar-refractivity contribution in [3.63, 3.8) is 0 Å². The quantitative estimate of drug-likeness (QED) is 0.783. The standard InChI is InChI=1S/C12H17BrClNO2/c1-9-7-10(13)12(11(14)8-9)17-6-4-15-3-5-16-2/h7-8,15H,3-6H2,1-2H3. The molecule has 0 fully saturated rings. The van der Waals surface area contributed by atoms with E-state index in [9.17, 15) is 0 Å². The molecule has 0 aliphatic carbocycles. The van der Waals surface area contributed by atoms with Gasteiger partial charge in [-0.1, -0.05) is 11.6 Å². The van der Waals surface area contributed by atoms with Crippen molar-refractivity contribution in [2.24, 2.45) is 0 Å². The van der Waals surface area contributed by atoms with E-state index >= 15 is 0 Å². The molecule has 0 aliphatic rings. The van der Waals surface area contributed by atoms with Crippen LogP contribution in [0.15, 0.2) is 16.6 Å². The molecule has 0 atom stereocenters. The Balaban J connectivity index is 2.36. The minimum atomic E-state index is 0.574. The van der Waals surface area contributed by atoms with Gasteiger partial charge in [0.15, 0.2) is 5.75 Å². The highest BCUT2D eigenvalue weighted by Gasteiger charge is 2.07. The van der Waals surface area contributed by atoms with E-state index in [2.05, 4.69) is 21.2 Å². The fourth-order valence-electron chi connectivity index (χ4n) is 1.35. The molecule has 0 radical (unpaired) electrons. The third-order valence-corrected chi connectivity index (χ3v) is 3.02. The second-order valence-corrected chi connectivity index (χ2v) is 4.91. The largest absolute Gasteiger partial charge is 0.490 e. The van der Waals surface area contributed by atoms with Crippen LogP contribution >= 0.6 is 27.5 Å². The van der Waals surface area contributed by atoms with E-state index < -0.39 is 0 Å². The van der Waals surface area contributed by atoms with Crippen LogP contribution in [0.3, 0.4) is 0 Å². The number of methoxy groups -OCH3 is 1. The lowest BCUT2D eigenvalue weighted by Crippen LogP contribution is -2.24. The van der Waals surface area contributed by atoms with Crippen LogP contribution in [0.5, 0.6) is 5.75 Å². The van der Waals surface area contributed by atoms with E-state index in [4.69, 9.17) is 21.1 Å². The highest BCUT2D eigenvalue weighted by molar-refractivity contribution is 9.10. The normalized spacial score (nSPS) is 10.6. The minimum Gasteiger partial charge on any atom is -0.490 e. The molecule has 0 aromatic heterocycles. The van der Waals surface area contributed by atoms with Crippen LogP contribution in [-0.2, 0) is 4.74 Å². The van der Waals surface area contributed by atoms with Crippen molar-refractivity contribution in [3.05, 3.63) is 27.2 Å². The molecule has 17 heavy (non-hydrogen) atoms. The first kappa shape index (κ1) is 14.8. The van der Waals surface area contributed by atoms with Crippen LogP contribution in [0.2, 0.25) is 5.02 Å². The third kappa shape index (κ3) is 5.25.